The molecule has 0 saturated carbocycles. The highest BCUT2D eigenvalue weighted by atomic mass is 35.5. The number of ether oxygens (including phenoxy) is 1. The molecule has 0 spiro atoms. The third-order valence-electron chi connectivity index (χ3n) is 6.43. The van der Waals surface area contributed by atoms with Gasteiger partial charge in [-0.3, -0.25) is 14.6 Å². The lowest BCUT2D eigenvalue weighted by molar-refractivity contribution is -0.137. The molecule has 2 saturated heterocycles. The summed E-state index contributed by atoms with van der Waals surface area (Å²) in [5, 5.41) is 13.5. The van der Waals surface area contributed by atoms with Crippen LogP contribution in [0.2, 0.25) is 5.02 Å². The van der Waals surface area contributed by atoms with Crippen LogP contribution in [0.4, 0.5) is 18.9 Å². The summed E-state index contributed by atoms with van der Waals surface area (Å²) in [4.78, 5) is 31.4. The van der Waals surface area contributed by atoms with Gasteiger partial charge in [-0.2, -0.15) is 13.2 Å². The van der Waals surface area contributed by atoms with Gasteiger partial charge < -0.3 is 20.3 Å². The van der Waals surface area contributed by atoms with E-state index < -0.39 is 28.7 Å². The fourth-order valence-corrected chi connectivity index (χ4v) is 4.63. The molecule has 4 heterocycles. The first kappa shape index (κ1) is 26.1. The molecule has 10 nitrogen and oxygen atoms in total. The van der Waals surface area contributed by atoms with E-state index in [2.05, 4.69) is 25.9 Å². The van der Waals surface area contributed by atoms with E-state index in [1.807, 2.05) is 0 Å². The molecule has 2 aromatic heterocycles. The number of nitrogens with one attached hydrogen (secondary N) is 2. The van der Waals surface area contributed by atoms with E-state index in [9.17, 15) is 22.8 Å². The number of alkyl halides is 3. The number of nitrogens with zero attached hydrogens (tertiary/aromatic N) is 5. The quantitative estimate of drug-likeness (QED) is 0.503. The molecule has 200 valence electrons. The summed E-state index contributed by atoms with van der Waals surface area (Å²) in [6, 6.07) is 4.08. The lowest BCUT2D eigenvalue weighted by Crippen LogP contribution is -2.40. The van der Waals surface area contributed by atoms with Gasteiger partial charge in [0, 0.05) is 43.3 Å². The van der Waals surface area contributed by atoms with E-state index in [0.717, 1.165) is 12.1 Å². The monoisotopic (exact) mass is 549 g/mol. The SMILES string of the molecule is O=C(Nc1ccc(Cl)c(C(F)(F)F)c1)[C@@H]1C[C@H](n2cc(-c3cncc(C(=O)N4CCOCC4)c3)nn2)CN1. The Morgan fingerprint density at radius 3 is 2.71 bits per heavy atom. The summed E-state index contributed by atoms with van der Waals surface area (Å²) in [6.07, 6.45) is 0.525. The zero-order valence-electron chi connectivity index (χ0n) is 19.9. The number of carbonyl (C=O) groups excluding carboxylic acids is 2. The summed E-state index contributed by atoms with van der Waals surface area (Å²) < 4.78 is 46.3. The van der Waals surface area contributed by atoms with Gasteiger partial charge in [0.05, 0.1) is 47.6 Å². The first-order valence-corrected chi connectivity index (χ1v) is 12.2. The van der Waals surface area contributed by atoms with Gasteiger partial charge in [-0.15, -0.1) is 5.10 Å². The van der Waals surface area contributed by atoms with Crippen molar-refractivity contribution in [2.24, 2.45) is 0 Å². The number of morpholine rings is 1. The summed E-state index contributed by atoms with van der Waals surface area (Å²) in [5.41, 5.74) is 0.560. The number of aromatic nitrogens is 4. The second-order valence-electron chi connectivity index (χ2n) is 8.98. The second-order valence-corrected chi connectivity index (χ2v) is 9.39. The Labute approximate surface area is 220 Å². The Morgan fingerprint density at radius 2 is 1.95 bits per heavy atom. The zero-order chi connectivity index (χ0) is 26.9. The highest BCUT2D eigenvalue weighted by Crippen LogP contribution is 2.36. The van der Waals surface area contributed by atoms with Gasteiger partial charge in [0.25, 0.3) is 5.91 Å². The second kappa shape index (κ2) is 10.7. The van der Waals surface area contributed by atoms with Crippen molar-refractivity contribution in [1.82, 2.24) is 30.2 Å². The van der Waals surface area contributed by atoms with Gasteiger partial charge >= 0.3 is 6.18 Å². The standard InChI is InChI=1S/C24H23ClF3N7O3/c25-19-2-1-16(8-18(19)24(26,27)28)31-22(36)20-9-17(12-30-20)35-13-21(32-33-35)14-7-15(11-29-10-14)23(37)34-3-5-38-6-4-34/h1-2,7-8,10-11,13,17,20,30H,3-6,9,12H2,(H,31,36)/t17-,20-/m0/s1. The van der Waals surface area contributed by atoms with Crippen LogP contribution in [-0.4, -0.2) is 75.6 Å². The normalized spacial score (nSPS) is 19.9. The Bertz CT molecular complexity index is 1340. The minimum atomic E-state index is -4.63. The van der Waals surface area contributed by atoms with Crippen molar-refractivity contribution in [2.45, 2.75) is 24.7 Å². The summed E-state index contributed by atoms with van der Waals surface area (Å²) in [5.74, 6) is -0.603. The number of hydrogen-bond acceptors (Lipinski definition) is 7. The van der Waals surface area contributed by atoms with E-state index in [1.54, 1.807) is 28.0 Å². The molecule has 3 aromatic rings. The number of hydrogen-bond donors (Lipinski definition) is 2. The molecule has 14 heteroatoms. The zero-order valence-corrected chi connectivity index (χ0v) is 20.7. The van der Waals surface area contributed by atoms with Gasteiger partial charge in [0.2, 0.25) is 5.91 Å². The van der Waals surface area contributed by atoms with Crippen molar-refractivity contribution in [1.29, 1.82) is 0 Å². The van der Waals surface area contributed by atoms with Crippen LogP contribution < -0.4 is 10.6 Å². The maximum Gasteiger partial charge on any atom is 0.417 e. The highest BCUT2D eigenvalue weighted by Gasteiger charge is 2.35. The molecule has 0 aliphatic carbocycles. The Morgan fingerprint density at radius 1 is 1.16 bits per heavy atom. The van der Waals surface area contributed by atoms with Gasteiger partial charge in [0.15, 0.2) is 0 Å². The average molecular weight is 550 g/mol. The third kappa shape index (κ3) is 5.64. The third-order valence-corrected chi connectivity index (χ3v) is 6.76. The molecule has 0 bridgehead atoms. The largest absolute Gasteiger partial charge is 0.417 e. The van der Waals surface area contributed by atoms with Gasteiger partial charge in [0.1, 0.15) is 5.69 Å². The van der Waals surface area contributed by atoms with E-state index in [1.165, 1.54) is 12.3 Å². The Hall–Kier alpha value is -3.55. The highest BCUT2D eigenvalue weighted by molar-refractivity contribution is 6.31. The van der Waals surface area contributed by atoms with Crippen molar-refractivity contribution in [2.75, 3.05) is 38.2 Å². The Balaban J connectivity index is 1.23. The first-order valence-electron chi connectivity index (χ1n) is 11.8. The molecule has 38 heavy (non-hydrogen) atoms. The topological polar surface area (TPSA) is 114 Å². The van der Waals surface area contributed by atoms with E-state index in [4.69, 9.17) is 16.3 Å². The van der Waals surface area contributed by atoms with Crippen molar-refractivity contribution in [3.05, 3.63) is 59.0 Å². The number of halogens is 4. The summed E-state index contributed by atoms with van der Waals surface area (Å²) in [7, 11) is 0. The number of rotatable bonds is 5. The van der Waals surface area contributed by atoms with Crippen LogP contribution in [0.5, 0.6) is 0 Å². The minimum absolute atomic E-state index is 0.000903. The fourth-order valence-electron chi connectivity index (χ4n) is 4.40. The molecule has 2 N–H and O–H groups in total. The summed E-state index contributed by atoms with van der Waals surface area (Å²) in [6.45, 7) is 2.43. The number of anilines is 1. The van der Waals surface area contributed by atoms with Crippen molar-refractivity contribution < 1.29 is 27.5 Å². The molecule has 2 aliphatic heterocycles. The number of pyridine rings is 1. The van der Waals surface area contributed by atoms with Gasteiger partial charge in [-0.1, -0.05) is 16.8 Å². The molecule has 2 amide bonds. The fraction of sp³-hybridized carbons (Fsp3) is 0.375. The van der Waals surface area contributed by atoms with Crippen LogP contribution >= 0.6 is 11.6 Å². The van der Waals surface area contributed by atoms with E-state index in [-0.39, 0.29) is 17.6 Å². The number of carbonyl (C=O) groups is 2. The minimum Gasteiger partial charge on any atom is -0.378 e. The predicted octanol–water partition coefficient (Wildman–Crippen LogP) is 3.03. The number of benzene rings is 1. The first-order chi connectivity index (χ1) is 18.2. The van der Waals surface area contributed by atoms with Crippen LogP contribution in [0, 0.1) is 0 Å². The van der Waals surface area contributed by atoms with Crippen molar-refractivity contribution >= 4 is 29.1 Å². The number of amides is 2. The maximum atomic E-state index is 13.1. The van der Waals surface area contributed by atoms with Crippen LogP contribution in [0.25, 0.3) is 11.3 Å². The van der Waals surface area contributed by atoms with Crippen molar-refractivity contribution in [3.63, 3.8) is 0 Å². The Kier molecular flexibility index (Phi) is 7.32. The summed E-state index contributed by atoms with van der Waals surface area (Å²) >= 11 is 5.65. The smallest absolute Gasteiger partial charge is 0.378 e. The van der Waals surface area contributed by atoms with E-state index in [0.29, 0.717) is 56.1 Å². The molecule has 2 fully saturated rings. The molecule has 2 atom stereocenters. The van der Waals surface area contributed by atoms with Crippen LogP contribution in [0.1, 0.15) is 28.4 Å². The maximum absolute atomic E-state index is 13.1. The predicted molar refractivity (Wildman–Crippen MR) is 131 cm³/mol. The lowest BCUT2D eigenvalue weighted by Gasteiger charge is -2.26. The van der Waals surface area contributed by atoms with Crippen LogP contribution in [0.15, 0.2) is 42.9 Å². The molecular weight excluding hydrogens is 527 g/mol. The lowest BCUT2D eigenvalue weighted by atomic mass is 10.1. The van der Waals surface area contributed by atoms with E-state index >= 15 is 0 Å². The molecule has 0 radical (unpaired) electrons. The molecule has 1 aromatic carbocycles. The average Bonchev–Trinajstić information content (AvgIpc) is 3.60. The molecule has 0 unspecified atom stereocenters. The van der Waals surface area contributed by atoms with Crippen molar-refractivity contribution in [3.8, 4) is 11.3 Å². The van der Waals surface area contributed by atoms with Crippen LogP contribution in [0.3, 0.4) is 0 Å². The molecular formula is C24H23ClF3N7O3. The van der Waals surface area contributed by atoms with Gasteiger partial charge in [-0.25, -0.2) is 4.68 Å². The molecule has 2 aliphatic rings. The van der Waals surface area contributed by atoms with Gasteiger partial charge in [-0.05, 0) is 30.7 Å². The van der Waals surface area contributed by atoms with Crippen LogP contribution in [-0.2, 0) is 15.7 Å². The molecule has 5 rings (SSSR count).